The van der Waals surface area contributed by atoms with Crippen LogP contribution in [0.5, 0.6) is 0 Å². The topological polar surface area (TPSA) is 52.7 Å². The Balaban J connectivity index is 1.95. The van der Waals surface area contributed by atoms with Gasteiger partial charge in [-0.05, 0) is 31.3 Å². The monoisotopic (exact) mass is 232 g/mol. The number of nitrogens with one attached hydrogen (secondary N) is 3. The zero-order chi connectivity index (χ0) is 11.4. The van der Waals surface area contributed by atoms with Crippen molar-refractivity contribution in [1.82, 2.24) is 9.97 Å². The van der Waals surface area contributed by atoms with E-state index in [2.05, 4.69) is 20.6 Å². The van der Waals surface area contributed by atoms with Crippen molar-refractivity contribution in [3.63, 3.8) is 0 Å². The van der Waals surface area contributed by atoms with Crippen LogP contribution in [0, 0.1) is 6.92 Å². The highest BCUT2D eigenvalue weighted by Crippen LogP contribution is 2.06. The van der Waals surface area contributed by atoms with Crippen LogP contribution >= 0.6 is 12.2 Å². The van der Waals surface area contributed by atoms with Gasteiger partial charge in [0.1, 0.15) is 0 Å². The smallest absolute Gasteiger partial charge is 0.206 e. The summed E-state index contributed by atoms with van der Waals surface area (Å²) in [7, 11) is 0. The zero-order valence-electron chi connectivity index (χ0n) is 8.82. The molecule has 5 heteroatoms. The van der Waals surface area contributed by atoms with Crippen molar-refractivity contribution in [2.75, 3.05) is 10.6 Å². The average Bonchev–Trinajstić information content (AvgIpc) is 2.65. The van der Waals surface area contributed by atoms with Crippen molar-refractivity contribution in [2.24, 2.45) is 0 Å². The molecule has 0 fully saturated rings. The van der Waals surface area contributed by atoms with Gasteiger partial charge in [0.05, 0.1) is 5.69 Å². The minimum Gasteiger partial charge on any atom is -0.332 e. The molecule has 0 aliphatic carbocycles. The number of hydrogen-bond donors (Lipinski definition) is 3. The van der Waals surface area contributed by atoms with Crippen molar-refractivity contribution in [1.29, 1.82) is 0 Å². The fourth-order valence-corrected chi connectivity index (χ4v) is 1.48. The van der Waals surface area contributed by atoms with E-state index in [1.54, 1.807) is 0 Å². The first-order chi connectivity index (χ1) is 7.74. The minimum absolute atomic E-state index is 0.514. The third-order valence-electron chi connectivity index (χ3n) is 1.97. The Hall–Kier alpha value is -1.88. The molecular formula is C11H12N4S. The fraction of sp³-hybridized carbons (Fsp3) is 0.0909. The Bertz CT molecular complexity index is 478. The molecule has 0 saturated carbocycles. The van der Waals surface area contributed by atoms with Gasteiger partial charge in [-0.15, -0.1) is 0 Å². The van der Waals surface area contributed by atoms with Gasteiger partial charge in [0.25, 0.3) is 0 Å². The lowest BCUT2D eigenvalue weighted by molar-refractivity contribution is 1.25. The Labute approximate surface area is 99.1 Å². The van der Waals surface area contributed by atoms with Crippen LogP contribution in [0.3, 0.4) is 0 Å². The van der Waals surface area contributed by atoms with Gasteiger partial charge in [0, 0.05) is 11.9 Å². The zero-order valence-corrected chi connectivity index (χ0v) is 9.64. The summed E-state index contributed by atoms with van der Waals surface area (Å²) in [4.78, 5) is 7.17. The summed E-state index contributed by atoms with van der Waals surface area (Å²) < 4.78 is 0. The maximum Gasteiger partial charge on any atom is 0.206 e. The number of aryl methyl sites for hydroxylation is 1. The number of para-hydroxylation sites is 1. The molecule has 1 aromatic heterocycles. The average molecular weight is 232 g/mol. The number of aromatic nitrogens is 2. The standard InChI is InChI=1S/C11H12N4S/c1-8-7-12-10(13-8)15-11(16)14-9-5-3-2-4-6-9/h2-7H,1H3,(H3,12,13,14,15,16). The molecule has 0 spiro atoms. The van der Waals surface area contributed by atoms with Crippen LogP contribution in [0.15, 0.2) is 36.5 Å². The summed E-state index contributed by atoms with van der Waals surface area (Å²) in [5.41, 5.74) is 1.87. The predicted octanol–water partition coefficient (Wildman–Crippen LogP) is 2.53. The van der Waals surface area contributed by atoms with E-state index in [9.17, 15) is 0 Å². The van der Waals surface area contributed by atoms with Crippen LogP contribution in [0.25, 0.3) is 0 Å². The highest BCUT2D eigenvalue weighted by Gasteiger charge is 2.00. The summed E-state index contributed by atoms with van der Waals surface area (Å²) in [6, 6.07) is 9.74. The van der Waals surface area contributed by atoms with Gasteiger partial charge in [-0.3, -0.25) is 0 Å². The van der Waals surface area contributed by atoms with E-state index in [-0.39, 0.29) is 0 Å². The van der Waals surface area contributed by atoms with E-state index in [1.807, 2.05) is 43.5 Å². The largest absolute Gasteiger partial charge is 0.332 e. The lowest BCUT2D eigenvalue weighted by Crippen LogP contribution is -2.19. The molecule has 82 valence electrons. The van der Waals surface area contributed by atoms with Gasteiger partial charge in [-0.1, -0.05) is 18.2 Å². The van der Waals surface area contributed by atoms with E-state index in [0.29, 0.717) is 11.1 Å². The van der Waals surface area contributed by atoms with E-state index in [1.165, 1.54) is 0 Å². The van der Waals surface area contributed by atoms with Crippen molar-refractivity contribution in [3.8, 4) is 0 Å². The van der Waals surface area contributed by atoms with E-state index < -0.39 is 0 Å². The van der Waals surface area contributed by atoms with Crippen LogP contribution in [0.4, 0.5) is 11.6 Å². The van der Waals surface area contributed by atoms with E-state index in [4.69, 9.17) is 12.2 Å². The number of hydrogen-bond acceptors (Lipinski definition) is 2. The number of anilines is 2. The number of benzene rings is 1. The maximum absolute atomic E-state index is 5.15. The number of aromatic amines is 1. The molecule has 16 heavy (non-hydrogen) atoms. The summed E-state index contributed by atoms with van der Waals surface area (Å²) in [6.07, 6.45) is 1.81. The van der Waals surface area contributed by atoms with Crippen molar-refractivity contribution in [2.45, 2.75) is 6.92 Å². The SMILES string of the molecule is Cc1c[nH]c(NC(=S)Nc2ccccc2)n1. The maximum atomic E-state index is 5.15. The Morgan fingerprint density at radius 1 is 1.25 bits per heavy atom. The molecule has 1 heterocycles. The minimum atomic E-state index is 0.514. The second-order valence-electron chi connectivity index (χ2n) is 3.34. The van der Waals surface area contributed by atoms with Crippen molar-refractivity contribution in [3.05, 3.63) is 42.2 Å². The third-order valence-corrected chi connectivity index (χ3v) is 2.17. The van der Waals surface area contributed by atoms with Crippen LogP contribution in [0.1, 0.15) is 5.69 Å². The van der Waals surface area contributed by atoms with Crippen LogP contribution in [-0.4, -0.2) is 15.1 Å². The molecule has 0 unspecified atom stereocenters. The fourth-order valence-electron chi connectivity index (χ4n) is 1.27. The molecule has 0 aliphatic heterocycles. The molecule has 4 nitrogen and oxygen atoms in total. The van der Waals surface area contributed by atoms with Crippen LogP contribution in [-0.2, 0) is 0 Å². The highest BCUT2D eigenvalue weighted by molar-refractivity contribution is 7.80. The van der Waals surface area contributed by atoms with Gasteiger partial charge in [-0.2, -0.15) is 0 Å². The summed E-state index contributed by atoms with van der Waals surface area (Å²) >= 11 is 5.15. The quantitative estimate of drug-likeness (QED) is 0.696. The number of H-pyrrole nitrogens is 1. The lowest BCUT2D eigenvalue weighted by atomic mass is 10.3. The second-order valence-corrected chi connectivity index (χ2v) is 3.74. The molecule has 0 aliphatic rings. The molecule has 0 amide bonds. The molecule has 0 radical (unpaired) electrons. The molecule has 1 aromatic carbocycles. The Kier molecular flexibility index (Phi) is 3.16. The molecule has 2 aromatic rings. The predicted molar refractivity (Wildman–Crippen MR) is 69.6 cm³/mol. The van der Waals surface area contributed by atoms with Gasteiger partial charge >= 0.3 is 0 Å². The summed E-state index contributed by atoms with van der Waals surface area (Å²) in [5, 5.41) is 6.54. The Morgan fingerprint density at radius 3 is 2.62 bits per heavy atom. The first-order valence-electron chi connectivity index (χ1n) is 4.89. The van der Waals surface area contributed by atoms with Crippen molar-refractivity contribution < 1.29 is 0 Å². The van der Waals surface area contributed by atoms with Crippen LogP contribution < -0.4 is 10.6 Å². The number of imidazole rings is 1. The molecule has 0 bridgehead atoms. The van der Waals surface area contributed by atoms with Gasteiger partial charge in [0.15, 0.2) is 5.11 Å². The number of thiocarbonyl (C=S) groups is 1. The van der Waals surface area contributed by atoms with E-state index >= 15 is 0 Å². The second kappa shape index (κ2) is 4.76. The van der Waals surface area contributed by atoms with Crippen molar-refractivity contribution >= 4 is 29.0 Å². The molecular weight excluding hydrogens is 220 g/mol. The summed E-state index contributed by atoms with van der Waals surface area (Å²) in [5.74, 6) is 0.644. The summed E-state index contributed by atoms with van der Waals surface area (Å²) in [6.45, 7) is 1.91. The third kappa shape index (κ3) is 2.80. The molecule has 3 N–H and O–H groups in total. The molecule has 0 atom stereocenters. The normalized spacial score (nSPS) is 9.81. The first kappa shape index (κ1) is 10.6. The number of nitrogens with zero attached hydrogens (tertiary/aromatic N) is 1. The lowest BCUT2D eigenvalue weighted by Gasteiger charge is -2.07. The van der Waals surface area contributed by atoms with Gasteiger partial charge in [0.2, 0.25) is 5.95 Å². The molecule has 2 rings (SSSR count). The highest BCUT2D eigenvalue weighted by atomic mass is 32.1. The number of rotatable bonds is 2. The van der Waals surface area contributed by atoms with Gasteiger partial charge in [-0.25, -0.2) is 4.98 Å². The first-order valence-corrected chi connectivity index (χ1v) is 5.30. The van der Waals surface area contributed by atoms with Crippen LogP contribution in [0.2, 0.25) is 0 Å². The van der Waals surface area contributed by atoms with Gasteiger partial charge < -0.3 is 15.6 Å². The van der Waals surface area contributed by atoms with E-state index in [0.717, 1.165) is 11.4 Å². The molecule has 0 saturated heterocycles. The Morgan fingerprint density at radius 2 is 2.00 bits per heavy atom.